The lowest BCUT2D eigenvalue weighted by Crippen LogP contribution is -2.10. The Hall–Kier alpha value is -7.69. The average Bonchev–Trinajstić information content (AvgIpc) is 3.88. The van der Waals surface area contributed by atoms with Crippen LogP contribution in [0, 0.1) is 0 Å². The molecule has 4 nitrogen and oxygen atoms in total. The maximum absolute atomic E-state index is 6.40. The first-order valence-electron chi connectivity index (χ1n) is 19.3. The molecule has 0 N–H and O–H groups in total. The Kier molecular flexibility index (Phi) is 7.78. The lowest BCUT2D eigenvalue weighted by Gasteiger charge is -2.26. The highest BCUT2D eigenvalue weighted by molar-refractivity contribution is 6.10. The van der Waals surface area contributed by atoms with E-state index in [2.05, 4.69) is 191 Å². The van der Waals surface area contributed by atoms with Crippen molar-refractivity contribution in [3.05, 3.63) is 212 Å². The van der Waals surface area contributed by atoms with Crippen LogP contribution >= 0.6 is 0 Å². The third-order valence-corrected chi connectivity index (χ3v) is 11.0. The molecule has 0 fully saturated rings. The van der Waals surface area contributed by atoms with Crippen molar-refractivity contribution in [1.29, 1.82) is 0 Å². The fourth-order valence-electron chi connectivity index (χ4n) is 8.34. The molecule has 11 rings (SSSR count). The summed E-state index contributed by atoms with van der Waals surface area (Å²) in [6.07, 6.45) is 0. The summed E-state index contributed by atoms with van der Waals surface area (Å²) < 4.78 is 8.77. The van der Waals surface area contributed by atoms with E-state index in [1.54, 1.807) is 0 Å². The fourth-order valence-corrected chi connectivity index (χ4v) is 8.34. The smallest absolute Gasteiger partial charge is 0.227 e. The molecule has 0 bridgehead atoms. The summed E-state index contributed by atoms with van der Waals surface area (Å²) in [7, 11) is 0. The average molecular weight is 730 g/mol. The van der Waals surface area contributed by atoms with Crippen LogP contribution in [-0.2, 0) is 0 Å². The van der Waals surface area contributed by atoms with Crippen LogP contribution in [0.15, 0.2) is 217 Å². The van der Waals surface area contributed by atoms with Gasteiger partial charge in [0, 0.05) is 44.5 Å². The van der Waals surface area contributed by atoms with Crippen LogP contribution in [0.4, 0.5) is 17.1 Å². The van der Waals surface area contributed by atoms with Gasteiger partial charge in [-0.2, -0.15) is 0 Å². The third kappa shape index (κ3) is 5.66. The summed E-state index contributed by atoms with van der Waals surface area (Å²) in [6, 6.07) is 75.3. The number of hydrogen-bond acceptors (Lipinski definition) is 3. The number of nitrogens with zero attached hydrogens (tertiary/aromatic N) is 3. The predicted molar refractivity (Wildman–Crippen MR) is 237 cm³/mol. The molecule has 2 heterocycles. The van der Waals surface area contributed by atoms with Crippen LogP contribution in [0.3, 0.4) is 0 Å². The van der Waals surface area contributed by atoms with Gasteiger partial charge in [-0.25, -0.2) is 4.98 Å². The number of anilines is 3. The van der Waals surface area contributed by atoms with E-state index in [-0.39, 0.29) is 0 Å². The summed E-state index contributed by atoms with van der Waals surface area (Å²) in [5.74, 6) is 0.632. The molecule has 0 spiro atoms. The molecule has 0 aliphatic carbocycles. The molecule has 0 aliphatic rings. The zero-order chi connectivity index (χ0) is 37.7. The van der Waals surface area contributed by atoms with Gasteiger partial charge in [-0.15, -0.1) is 0 Å². The zero-order valence-electron chi connectivity index (χ0n) is 31.0. The highest BCUT2D eigenvalue weighted by atomic mass is 16.3. The maximum atomic E-state index is 6.40. The molecule has 0 radical (unpaired) electrons. The highest BCUT2D eigenvalue weighted by Gasteiger charge is 2.18. The Morgan fingerprint density at radius 2 is 0.965 bits per heavy atom. The molecule has 0 saturated heterocycles. The minimum atomic E-state index is 0.632. The van der Waals surface area contributed by atoms with Crippen LogP contribution in [0.2, 0.25) is 0 Å². The van der Waals surface area contributed by atoms with Crippen molar-refractivity contribution < 1.29 is 4.42 Å². The minimum absolute atomic E-state index is 0.632. The Balaban J connectivity index is 1.01. The van der Waals surface area contributed by atoms with Crippen LogP contribution in [-0.4, -0.2) is 9.55 Å². The van der Waals surface area contributed by atoms with E-state index in [1.807, 2.05) is 30.3 Å². The van der Waals surface area contributed by atoms with E-state index in [0.717, 1.165) is 61.3 Å². The van der Waals surface area contributed by atoms with Crippen molar-refractivity contribution in [3.63, 3.8) is 0 Å². The van der Waals surface area contributed by atoms with Crippen LogP contribution in [0.5, 0.6) is 0 Å². The molecule has 0 saturated carbocycles. The Bertz CT molecular complexity index is 3160. The van der Waals surface area contributed by atoms with Crippen molar-refractivity contribution in [2.45, 2.75) is 0 Å². The zero-order valence-corrected chi connectivity index (χ0v) is 31.0. The first kappa shape index (κ1) is 32.7. The summed E-state index contributed by atoms with van der Waals surface area (Å²) in [5.41, 5.74) is 14.0. The maximum Gasteiger partial charge on any atom is 0.227 e. The number of oxazole rings is 1. The van der Waals surface area contributed by atoms with Gasteiger partial charge in [0.15, 0.2) is 5.58 Å². The number of fused-ring (bicyclic) bond motifs is 6. The molecule has 2 aromatic heterocycles. The van der Waals surface area contributed by atoms with Gasteiger partial charge in [0.25, 0.3) is 0 Å². The quantitative estimate of drug-likeness (QED) is 0.164. The number of benzene rings is 9. The van der Waals surface area contributed by atoms with E-state index >= 15 is 0 Å². The van der Waals surface area contributed by atoms with Crippen LogP contribution in [0.1, 0.15) is 0 Å². The summed E-state index contributed by atoms with van der Waals surface area (Å²) in [4.78, 5) is 7.17. The standard InChI is InChI=1S/C53H35N3O/c1-3-13-36(14-4-1)39-17-11-18-43(35-39)55(41-29-31-42(32-30-41)56-50-23-9-7-19-46(50)47-20-8-10-24-51(47)56)40-27-25-37(26-28-40)44-21-12-22-48-45(44)33-34-49-52(48)57-53(54-49)38-15-5-2-6-16-38/h1-35H. The lowest BCUT2D eigenvalue weighted by atomic mass is 9.97. The van der Waals surface area contributed by atoms with Gasteiger partial charge in [-0.1, -0.05) is 133 Å². The summed E-state index contributed by atoms with van der Waals surface area (Å²) in [5, 5.41) is 4.68. The number of rotatable bonds is 7. The number of hydrogen-bond donors (Lipinski definition) is 0. The Morgan fingerprint density at radius 1 is 0.386 bits per heavy atom. The van der Waals surface area contributed by atoms with Crippen molar-refractivity contribution in [2.24, 2.45) is 0 Å². The van der Waals surface area contributed by atoms with Gasteiger partial charge in [-0.3, -0.25) is 0 Å². The molecule has 9 aromatic carbocycles. The van der Waals surface area contributed by atoms with Crippen LogP contribution in [0.25, 0.3) is 83.1 Å². The third-order valence-electron chi connectivity index (χ3n) is 11.0. The molecule has 0 aliphatic heterocycles. The molecule has 11 aromatic rings. The topological polar surface area (TPSA) is 34.2 Å². The fraction of sp³-hybridized carbons (Fsp3) is 0. The molecular weight excluding hydrogens is 695 g/mol. The Labute approximate surface area is 330 Å². The Morgan fingerprint density at radius 3 is 1.67 bits per heavy atom. The van der Waals surface area contributed by atoms with E-state index in [9.17, 15) is 0 Å². The molecule has 57 heavy (non-hydrogen) atoms. The first-order valence-corrected chi connectivity index (χ1v) is 19.3. The molecular formula is C53H35N3O. The van der Waals surface area contributed by atoms with Gasteiger partial charge in [0.1, 0.15) is 5.52 Å². The van der Waals surface area contributed by atoms with E-state index in [0.29, 0.717) is 5.89 Å². The molecule has 0 unspecified atom stereocenters. The van der Waals surface area contributed by atoms with Crippen molar-refractivity contribution in [3.8, 4) is 39.4 Å². The van der Waals surface area contributed by atoms with Crippen molar-refractivity contribution in [1.82, 2.24) is 9.55 Å². The summed E-state index contributed by atoms with van der Waals surface area (Å²) in [6.45, 7) is 0. The van der Waals surface area contributed by atoms with Crippen molar-refractivity contribution in [2.75, 3.05) is 4.90 Å². The second-order valence-electron chi connectivity index (χ2n) is 14.4. The molecule has 4 heteroatoms. The molecule has 268 valence electrons. The van der Waals surface area contributed by atoms with E-state index < -0.39 is 0 Å². The lowest BCUT2D eigenvalue weighted by molar-refractivity contribution is 0.623. The monoisotopic (exact) mass is 729 g/mol. The van der Waals surface area contributed by atoms with Gasteiger partial charge >= 0.3 is 0 Å². The minimum Gasteiger partial charge on any atom is -0.435 e. The van der Waals surface area contributed by atoms with E-state index in [4.69, 9.17) is 9.40 Å². The second kappa shape index (κ2) is 13.6. The van der Waals surface area contributed by atoms with Crippen LogP contribution < -0.4 is 4.90 Å². The first-order chi connectivity index (χ1) is 28.3. The SMILES string of the molecule is c1ccc(-c2cccc(N(c3ccc(-c4cccc5c4ccc4nc(-c6ccccc6)oc45)cc3)c3ccc(-n4c5ccccc5c5ccccc54)cc3)c2)cc1. The predicted octanol–water partition coefficient (Wildman–Crippen LogP) is 14.5. The van der Waals surface area contributed by atoms with Gasteiger partial charge < -0.3 is 13.9 Å². The second-order valence-corrected chi connectivity index (χ2v) is 14.4. The van der Waals surface area contributed by atoms with Crippen molar-refractivity contribution >= 4 is 60.7 Å². The summed E-state index contributed by atoms with van der Waals surface area (Å²) >= 11 is 0. The number of para-hydroxylation sites is 2. The largest absolute Gasteiger partial charge is 0.435 e. The van der Waals surface area contributed by atoms with Gasteiger partial charge in [0.05, 0.1) is 11.0 Å². The number of aromatic nitrogens is 2. The highest BCUT2D eigenvalue weighted by Crippen LogP contribution is 2.41. The van der Waals surface area contributed by atoms with Gasteiger partial charge in [0.2, 0.25) is 5.89 Å². The van der Waals surface area contributed by atoms with E-state index in [1.165, 1.54) is 32.9 Å². The van der Waals surface area contributed by atoms with Gasteiger partial charge in [-0.05, 0) is 107 Å². The molecule has 0 amide bonds. The normalized spacial score (nSPS) is 11.5. The molecule has 0 atom stereocenters.